The van der Waals surface area contributed by atoms with Gasteiger partial charge in [0.15, 0.2) is 0 Å². The summed E-state index contributed by atoms with van der Waals surface area (Å²) in [5, 5.41) is 6.26. The highest BCUT2D eigenvalue weighted by Gasteiger charge is 2.61. The van der Waals surface area contributed by atoms with Crippen LogP contribution in [0.2, 0.25) is 5.02 Å². The van der Waals surface area contributed by atoms with Crippen LogP contribution in [-0.4, -0.2) is 18.9 Å². The Morgan fingerprint density at radius 3 is 2.40 bits per heavy atom. The first-order valence-electron chi connectivity index (χ1n) is 12.6. The number of nitrogens with one attached hydrogen (secondary N) is 2. The fraction of sp³-hybridized carbons (Fsp3) is 0.161. The second-order valence-electron chi connectivity index (χ2n) is 9.79. The van der Waals surface area contributed by atoms with Gasteiger partial charge < -0.3 is 20.1 Å². The van der Waals surface area contributed by atoms with Crippen molar-refractivity contribution in [3.05, 3.63) is 118 Å². The van der Waals surface area contributed by atoms with Gasteiger partial charge in [0.05, 0.1) is 13.2 Å². The number of carbonyl (C=O) groups excluding carboxylic acids is 2. The normalized spacial score (nSPS) is 21.5. The highest BCUT2D eigenvalue weighted by atomic mass is 35.5. The summed E-state index contributed by atoms with van der Waals surface area (Å²) in [6.45, 7) is 0. The van der Waals surface area contributed by atoms with Crippen molar-refractivity contribution in [3.8, 4) is 17.2 Å². The summed E-state index contributed by atoms with van der Waals surface area (Å²) < 4.78 is 40.7. The van der Waals surface area contributed by atoms with Gasteiger partial charge in [0.1, 0.15) is 34.3 Å². The number of fused-ring (bicyclic) bond motifs is 2. The maximum absolute atomic E-state index is 14.9. The van der Waals surface area contributed by atoms with Crippen LogP contribution in [0.3, 0.4) is 0 Å². The molecule has 2 heterocycles. The van der Waals surface area contributed by atoms with E-state index in [1.165, 1.54) is 36.4 Å². The summed E-state index contributed by atoms with van der Waals surface area (Å²) >= 11 is 6.26. The highest BCUT2D eigenvalue weighted by Crippen LogP contribution is 2.58. The molecule has 3 atom stereocenters. The first-order chi connectivity index (χ1) is 19.3. The Hall–Kier alpha value is -4.43. The van der Waals surface area contributed by atoms with Gasteiger partial charge in [-0.05, 0) is 77.9 Å². The van der Waals surface area contributed by atoms with Crippen molar-refractivity contribution in [1.29, 1.82) is 0 Å². The minimum atomic E-state index is -1.48. The van der Waals surface area contributed by atoms with Crippen molar-refractivity contribution < 1.29 is 27.8 Å². The minimum Gasteiger partial charge on any atom is -0.497 e. The number of benzene rings is 4. The Morgan fingerprint density at radius 1 is 0.900 bits per heavy atom. The predicted octanol–water partition coefficient (Wildman–Crippen LogP) is 6.65. The molecule has 202 valence electrons. The predicted molar refractivity (Wildman–Crippen MR) is 146 cm³/mol. The first-order valence-corrected chi connectivity index (χ1v) is 12.9. The summed E-state index contributed by atoms with van der Waals surface area (Å²) in [6.07, 6.45) is -0.0978. The van der Waals surface area contributed by atoms with Gasteiger partial charge in [-0.2, -0.15) is 0 Å². The molecule has 40 heavy (non-hydrogen) atoms. The monoisotopic (exact) mass is 560 g/mol. The molecule has 0 aromatic heterocycles. The molecule has 1 spiro atoms. The van der Waals surface area contributed by atoms with Crippen molar-refractivity contribution in [2.75, 3.05) is 12.4 Å². The van der Waals surface area contributed by atoms with E-state index in [-0.39, 0.29) is 23.6 Å². The Labute approximate surface area is 233 Å². The summed E-state index contributed by atoms with van der Waals surface area (Å²) in [5.74, 6) is -1.37. The summed E-state index contributed by atoms with van der Waals surface area (Å²) in [7, 11) is 1.55. The van der Waals surface area contributed by atoms with Crippen molar-refractivity contribution in [2.45, 2.75) is 23.8 Å². The zero-order valence-corrected chi connectivity index (χ0v) is 22.0. The Balaban J connectivity index is 1.58. The molecule has 0 radical (unpaired) electrons. The molecule has 2 aliphatic rings. The van der Waals surface area contributed by atoms with Crippen molar-refractivity contribution in [2.24, 2.45) is 0 Å². The molecule has 4 aromatic rings. The van der Waals surface area contributed by atoms with Crippen LogP contribution < -0.4 is 20.1 Å². The van der Waals surface area contributed by atoms with Crippen LogP contribution in [0, 0.1) is 11.6 Å². The number of anilines is 1. The fourth-order valence-electron chi connectivity index (χ4n) is 5.88. The van der Waals surface area contributed by atoms with Gasteiger partial charge >= 0.3 is 0 Å². The second kappa shape index (κ2) is 9.95. The Morgan fingerprint density at radius 2 is 1.65 bits per heavy atom. The maximum Gasteiger partial charge on any atom is 0.238 e. The largest absolute Gasteiger partial charge is 0.497 e. The van der Waals surface area contributed by atoms with Gasteiger partial charge in [0.25, 0.3) is 0 Å². The number of hydrogen-bond acceptors (Lipinski definition) is 4. The summed E-state index contributed by atoms with van der Waals surface area (Å²) in [4.78, 5) is 27.4. The lowest BCUT2D eigenvalue weighted by atomic mass is 9.59. The molecule has 2 N–H and O–H groups in total. The molecule has 0 bridgehead atoms. The SMILES string of the molecule is COc1ccc(Oc2ccc(F)cc2[C@H]2NC(=O)C[C@@H](c3cccc(F)c3)[C@]23C(=O)Nc2cc(Cl)ccc23)cc1. The molecule has 2 aliphatic heterocycles. The number of carbonyl (C=O) groups is 2. The maximum atomic E-state index is 14.9. The third-order valence-corrected chi connectivity index (χ3v) is 7.81. The van der Waals surface area contributed by atoms with Crippen LogP contribution in [-0.2, 0) is 15.0 Å². The molecule has 4 aromatic carbocycles. The first kappa shape index (κ1) is 25.8. The quantitative estimate of drug-likeness (QED) is 0.286. The van der Waals surface area contributed by atoms with Crippen molar-refractivity contribution in [1.82, 2.24) is 5.32 Å². The van der Waals surface area contributed by atoms with E-state index in [4.69, 9.17) is 21.1 Å². The molecular formula is C31H23ClF2N2O4. The minimum absolute atomic E-state index is 0.0978. The van der Waals surface area contributed by atoms with E-state index in [0.717, 1.165) is 0 Å². The van der Waals surface area contributed by atoms with Gasteiger partial charge in [-0.25, -0.2) is 8.78 Å². The molecule has 1 fully saturated rings. The number of ether oxygens (including phenoxy) is 2. The fourth-order valence-corrected chi connectivity index (χ4v) is 6.05. The Kier molecular flexibility index (Phi) is 6.43. The lowest BCUT2D eigenvalue weighted by Gasteiger charge is -2.46. The summed E-state index contributed by atoms with van der Waals surface area (Å²) in [5.41, 5.74) is 0.262. The lowest BCUT2D eigenvalue weighted by Crippen LogP contribution is -2.56. The van der Waals surface area contributed by atoms with Crippen molar-refractivity contribution in [3.63, 3.8) is 0 Å². The van der Waals surface area contributed by atoms with E-state index in [0.29, 0.717) is 33.3 Å². The molecule has 0 unspecified atom stereocenters. The van der Waals surface area contributed by atoms with Crippen LogP contribution in [0.1, 0.15) is 35.1 Å². The van der Waals surface area contributed by atoms with Crippen LogP contribution in [0.4, 0.5) is 14.5 Å². The number of halogens is 3. The van der Waals surface area contributed by atoms with Crippen LogP contribution in [0.25, 0.3) is 0 Å². The van der Waals surface area contributed by atoms with Crippen LogP contribution in [0.15, 0.2) is 84.9 Å². The van der Waals surface area contributed by atoms with E-state index < -0.39 is 34.9 Å². The zero-order chi connectivity index (χ0) is 28.0. The summed E-state index contributed by atoms with van der Waals surface area (Å²) in [6, 6.07) is 20.5. The standard InChI is InChI=1S/C31H23ClF2N2O4/c1-39-21-7-9-22(10-8-21)40-27-12-6-20(34)15-23(27)29-31(24-11-5-18(32)14-26(24)35-30(31)38)25(16-28(37)36-29)17-3-2-4-19(33)13-17/h2-15,25,29H,16H2,1H3,(H,35,38)(H,36,37)/t25-,29+,31-/m0/s1. The van der Waals surface area contributed by atoms with Gasteiger partial charge in [-0.15, -0.1) is 0 Å². The number of rotatable bonds is 5. The van der Waals surface area contributed by atoms with Gasteiger partial charge in [0, 0.05) is 28.6 Å². The molecular weight excluding hydrogens is 538 g/mol. The highest BCUT2D eigenvalue weighted by molar-refractivity contribution is 6.31. The zero-order valence-electron chi connectivity index (χ0n) is 21.2. The topological polar surface area (TPSA) is 76.7 Å². The molecule has 1 saturated heterocycles. The third kappa shape index (κ3) is 4.25. The number of amides is 2. The molecule has 0 aliphatic carbocycles. The molecule has 2 amide bonds. The van der Waals surface area contributed by atoms with E-state index in [1.807, 2.05) is 0 Å². The average molecular weight is 561 g/mol. The third-order valence-electron chi connectivity index (χ3n) is 7.57. The van der Waals surface area contributed by atoms with Crippen LogP contribution >= 0.6 is 11.6 Å². The van der Waals surface area contributed by atoms with Gasteiger partial charge in [-0.1, -0.05) is 29.8 Å². The van der Waals surface area contributed by atoms with E-state index in [1.54, 1.807) is 55.6 Å². The molecule has 9 heteroatoms. The number of methoxy groups -OCH3 is 1. The van der Waals surface area contributed by atoms with E-state index >= 15 is 0 Å². The number of piperidine rings is 1. The average Bonchev–Trinajstić information content (AvgIpc) is 3.22. The Bertz CT molecular complexity index is 1650. The molecule has 6 nitrogen and oxygen atoms in total. The van der Waals surface area contributed by atoms with E-state index in [9.17, 15) is 18.4 Å². The lowest BCUT2D eigenvalue weighted by molar-refractivity contribution is -0.131. The van der Waals surface area contributed by atoms with Gasteiger partial charge in [0.2, 0.25) is 11.8 Å². The van der Waals surface area contributed by atoms with Gasteiger partial charge in [-0.3, -0.25) is 9.59 Å². The van der Waals surface area contributed by atoms with E-state index in [2.05, 4.69) is 10.6 Å². The molecule has 6 rings (SSSR count). The van der Waals surface area contributed by atoms with Crippen LogP contribution in [0.5, 0.6) is 17.2 Å². The van der Waals surface area contributed by atoms with Crippen molar-refractivity contribution >= 4 is 29.1 Å². The smallest absolute Gasteiger partial charge is 0.238 e. The number of hydrogen-bond donors (Lipinski definition) is 2. The second-order valence-corrected chi connectivity index (χ2v) is 10.2. The molecule has 0 saturated carbocycles.